The normalized spacial score (nSPS) is 10.5. The van der Waals surface area contributed by atoms with Crippen LogP contribution in [0, 0.1) is 0 Å². The van der Waals surface area contributed by atoms with Crippen LogP contribution in [-0.2, 0) is 0 Å². The second-order valence-electron chi connectivity index (χ2n) is 6.76. The molecule has 3 aromatic carbocycles. The van der Waals surface area contributed by atoms with Gasteiger partial charge in [0.15, 0.2) is 16.8 Å². The molecule has 0 unspecified atom stereocenters. The third-order valence-electron chi connectivity index (χ3n) is 4.64. The zero-order valence-corrected chi connectivity index (χ0v) is 18.1. The number of rotatable bonds is 8. The van der Waals surface area contributed by atoms with Crippen LogP contribution in [0.4, 0.5) is 5.82 Å². The zero-order chi connectivity index (χ0) is 22.3. The molecule has 0 fully saturated rings. The topological polar surface area (TPSA) is 93.2 Å². The molecule has 4 aromatic rings. The quantitative estimate of drug-likeness (QED) is 0.180. The summed E-state index contributed by atoms with van der Waals surface area (Å²) in [5.74, 6) is 0.911. The first-order chi connectivity index (χ1) is 15.6. The number of para-hydroxylation sites is 1. The summed E-state index contributed by atoms with van der Waals surface area (Å²) in [5.41, 5.74) is 7.35. The van der Waals surface area contributed by atoms with Crippen molar-refractivity contribution in [2.75, 3.05) is 18.3 Å². The summed E-state index contributed by atoms with van der Waals surface area (Å²) < 4.78 is 5.18. The van der Waals surface area contributed by atoms with Crippen molar-refractivity contribution < 1.29 is 14.3 Å². The number of ether oxygens (including phenoxy) is 1. The maximum atomic E-state index is 12.6. The molecule has 2 N–H and O–H groups in total. The van der Waals surface area contributed by atoms with E-state index in [2.05, 4.69) is 20.8 Å². The van der Waals surface area contributed by atoms with Gasteiger partial charge in [-0.05, 0) is 36.4 Å². The number of nitrogens with one attached hydrogen (secondary N) is 2. The van der Waals surface area contributed by atoms with Crippen molar-refractivity contribution in [1.29, 1.82) is 0 Å². The maximum Gasteiger partial charge on any atom is 0.269 e. The molecule has 1 heterocycles. The molecule has 1 amide bonds. The average molecular weight is 445 g/mol. The summed E-state index contributed by atoms with van der Waals surface area (Å²) in [7, 11) is 1.56. The minimum atomic E-state index is -0.282. The Hall–Kier alpha value is -3.91. The molecular formula is C24H20N4O3S. The van der Waals surface area contributed by atoms with E-state index < -0.39 is 0 Å². The number of ketones is 1. The van der Waals surface area contributed by atoms with Gasteiger partial charge < -0.3 is 4.74 Å². The summed E-state index contributed by atoms with van der Waals surface area (Å²) in [6.07, 6.45) is 0. The van der Waals surface area contributed by atoms with Gasteiger partial charge in [-0.15, -0.1) is 0 Å². The van der Waals surface area contributed by atoms with E-state index in [1.54, 1.807) is 55.6 Å². The predicted molar refractivity (Wildman–Crippen MR) is 125 cm³/mol. The van der Waals surface area contributed by atoms with Gasteiger partial charge in [-0.3, -0.25) is 20.4 Å². The Labute approximate surface area is 189 Å². The van der Waals surface area contributed by atoms with Crippen LogP contribution in [0.5, 0.6) is 5.75 Å². The number of hydrazine groups is 1. The van der Waals surface area contributed by atoms with Crippen LogP contribution in [0.25, 0.3) is 10.9 Å². The van der Waals surface area contributed by atoms with Crippen molar-refractivity contribution in [2.24, 2.45) is 0 Å². The van der Waals surface area contributed by atoms with Crippen LogP contribution in [0.15, 0.2) is 84.0 Å². The number of aromatic nitrogens is 2. The van der Waals surface area contributed by atoms with Crippen molar-refractivity contribution in [3.05, 3.63) is 90.0 Å². The number of carbonyl (C=O) groups is 2. The lowest BCUT2D eigenvalue weighted by molar-refractivity contribution is 0.0961. The lowest BCUT2D eigenvalue weighted by Crippen LogP contribution is -2.30. The zero-order valence-electron chi connectivity index (χ0n) is 17.2. The van der Waals surface area contributed by atoms with Crippen LogP contribution < -0.4 is 15.6 Å². The number of amides is 1. The summed E-state index contributed by atoms with van der Waals surface area (Å²) in [4.78, 5) is 34.0. The highest BCUT2D eigenvalue weighted by Crippen LogP contribution is 2.25. The Bertz CT molecular complexity index is 1260. The number of carbonyl (C=O) groups excluding carboxylic acids is 2. The summed E-state index contributed by atoms with van der Waals surface area (Å²) in [6.45, 7) is 0. The molecule has 0 saturated carbocycles. The molecule has 0 radical (unpaired) electrons. The van der Waals surface area contributed by atoms with Gasteiger partial charge in [-0.2, -0.15) is 0 Å². The lowest BCUT2D eigenvalue weighted by Gasteiger charge is -2.11. The van der Waals surface area contributed by atoms with Crippen LogP contribution in [0.1, 0.15) is 20.7 Å². The molecule has 7 nitrogen and oxygen atoms in total. The molecule has 32 heavy (non-hydrogen) atoms. The van der Waals surface area contributed by atoms with Gasteiger partial charge in [0.05, 0.1) is 18.4 Å². The molecule has 0 bridgehead atoms. The largest absolute Gasteiger partial charge is 0.497 e. The average Bonchev–Trinajstić information content (AvgIpc) is 2.86. The van der Waals surface area contributed by atoms with Gasteiger partial charge >= 0.3 is 0 Å². The number of methoxy groups -OCH3 is 1. The van der Waals surface area contributed by atoms with E-state index in [-0.39, 0.29) is 17.4 Å². The van der Waals surface area contributed by atoms with Crippen molar-refractivity contribution >= 4 is 40.2 Å². The van der Waals surface area contributed by atoms with E-state index in [1.807, 2.05) is 30.3 Å². The maximum absolute atomic E-state index is 12.6. The lowest BCUT2D eigenvalue weighted by atomic mass is 10.1. The molecule has 1 aromatic heterocycles. The van der Waals surface area contributed by atoms with E-state index in [4.69, 9.17) is 4.74 Å². The number of benzene rings is 3. The number of fused-ring (bicyclic) bond motifs is 1. The van der Waals surface area contributed by atoms with Gasteiger partial charge in [-0.25, -0.2) is 9.97 Å². The van der Waals surface area contributed by atoms with Gasteiger partial charge in [-0.1, -0.05) is 54.2 Å². The highest BCUT2D eigenvalue weighted by atomic mass is 32.2. The number of anilines is 1. The van der Waals surface area contributed by atoms with Crippen LogP contribution in [0.3, 0.4) is 0 Å². The fraction of sp³-hybridized carbons (Fsp3) is 0.0833. The molecule has 0 spiro atoms. The van der Waals surface area contributed by atoms with E-state index >= 15 is 0 Å². The smallest absolute Gasteiger partial charge is 0.269 e. The monoisotopic (exact) mass is 444 g/mol. The molecule has 0 aliphatic heterocycles. The van der Waals surface area contributed by atoms with Gasteiger partial charge in [0, 0.05) is 16.5 Å². The summed E-state index contributed by atoms with van der Waals surface area (Å²) >= 11 is 1.23. The SMILES string of the molecule is COc1cccc(C(=O)CSc2nc(NNC(=O)c3ccccc3)c3ccccc3n2)c1. The van der Waals surface area contributed by atoms with E-state index in [0.29, 0.717) is 33.4 Å². The van der Waals surface area contributed by atoms with Gasteiger partial charge in [0.25, 0.3) is 5.91 Å². The Morgan fingerprint density at radius 3 is 2.47 bits per heavy atom. The first-order valence-electron chi connectivity index (χ1n) is 9.82. The number of Topliss-reactive ketones (excluding diaryl/α,β-unsaturated/α-hetero) is 1. The second kappa shape index (κ2) is 9.93. The standard InChI is InChI=1S/C24H20N4O3S/c1-31-18-11-7-10-17(14-18)21(29)15-32-24-25-20-13-6-5-12-19(20)22(26-24)27-28-23(30)16-8-3-2-4-9-16/h2-14H,15H2,1H3,(H,28,30)(H,25,26,27). The fourth-order valence-corrected chi connectivity index (χ4v) is 3.75. The van der Waals surface area contributed by atoms with E-state index in [1.165, 1.54) is 11.8 Å². The summed E-state index contributed by atoms with van der Waals surface area (Å²) in [6, 6.07) is 23.4. The highest BCUT2D eigenvalue weighted by molar-refractivity contribution is 7.99. The molecule has 160 valence electrons. The van der Waals surface area contributed by atoms with Crippen LogP contribution >= 0.6 is 11.8 Å². The van der Waals surface area contributed by atoms with Crippen LogP contribution in [0.2, 0.25) is 0 Å². The fourth-order valence-electron chi connectivity index (χ4n) is 3.00. The van der Waals surface area contributed by atoms with E-state index in [0.717, 1.165) is 5.39 Å². The van der Waals surface area contributed by atoms with Gasteiger partial charge in [0.2, 0.25) is 0 Å². The van der Waals surface area contributed by atoms with Crippen LogP contribution in [-0.4, -0.2) is 34.5 Å². The Morgan fingerprint density at radius 2 is 1.66 bits per heavy atom. The minimum absolute atomic E-state index is 0.0578. The molecule has 4 rings (SSSR count). The molecule has 8 heteroatoms. The molecule has 0 aliphatic carbocycles. The Balaban J connectivity index is 1.51. The first-order valence-corrected chi connectivity index (χ1v) is 10.8. The first kappa shape index (κ1) is 21.3. The predicted octanol–water partition coefficient (Wildman–Crippen LogP) is 4.37. The third-order valence-corrected chi connectivity index (χ3v) is 5.48. The molecular weight excluding hydrogens is 424 g/mol. The highest BCUT2D eigenvalue weighted by Gasteiger charge is 2.13. The molecule has 0 atom stereocenters. The van der Waals surface area contributed by atoms with Crippen molar-refractivity contribution in [3.63, 3.8) is 0 Å². The molecule has 0 saturated heterocycles. The van der Waals surface area contributed by atoms with Gasteiger partial charge in [0.1, 0.15) is 5.75 Å². The van der Waals surface area contributed by atoms with Crippen molar-refractivity contribution in [2.45, 2.75) is 5.16 Å². The number of hydrogen-bond acceptors (Lipinski definition) is 7. The van der Waals surface area contributed by atoms with Crippen molar-refractivity contribution in [1.82, 2.24) is 15.4 Å². The number of hydrogen-bond donors (Lipinski definition) is 2. The Kier molecular flexibility index (Phi) is 6.62. The molecule has 0 aliphatic rings. The number of nitrogens with zero attached hydrogens (tertiary/aromatic N) is 2. The third kappa shape index (κ3) is 5.04. The summed E-state index contributed by atoms with van der Waals surface area (Å²) in [5, 5.41) is 1.18. The van der Waals surface area contributed by atoms with Crippen molar-refractivity contribution in [3.8, 4) is 5.75 Å². The van der Waals surface area contributed by atoms with E-state index in [9.17, 15) is 9.59 Å². The number of thioether (sulfide) groups is 1. The second-order valence-corrected chi connectivity index (χ2v) is 7.70. The minimum Gasteiger partial charge on any atom is -0.497 e. The Morgan fingerprint density at radius 1 is 0.906 bits per heavy atom.